The van der Waals surface area contributed by atoms with Crippen LogP contribution in [0.2, 0.25) is 0 Å². The molecule has 4 nitrogen and oxygen atoms in total. The van der Waals surface area contributed by atoms with Gasteiger partial charge in [0.2, 0.25) is 0 Å². The third kappa shape index (κ3) is 2.48. The van der Waals surface area contributed by atoms with Crippen molar-refractivity contribution in [1.82, 2.24) is 10.6 Å². The number of hydrogen-bond donors (Lipinski definition) is 2. The third-order valence-electron chi connectivity index (χ3n) is 3.25. The van der Waals surface area contributed by atoms with Gasteiger partial charge in [0, 0.05) is 18.6 Å². The van der Waals surface area contributed by atoms with Crippen molar-refractivity contribution in [2.75, 3.05) is 18.5 Å². The van der Waals surface area contributed by atoms with Crippen molar-refractivity contribution in [2.45, 2.75) is 32.4 Å². The minimum atomic E-state index is -0.00740. The van der Waals surface area contributed by atoms with Crippen LogP contribution < -0.4 is 15.5 Å². The fourth-order valence-electron chi connectivity index (χ4n) is 2.40. The van der Waals surface area contributed by atoms with Crippen molar-refractivity contribution in [3.05, 3.63) is 29.8 Å². The molecule has 1 aliphatic rings. The van der Waals surface area contributed by atoms with Crippen molar-refractivity contribution >= 4 is 11.7 Å². The lowest BCUT2D eigenvalue weighted by atomic mass is 9.97. The molecule has 2 rings (SSSR count). The highest BCUT2D eigenvalue weighted by Crippen LogP contribution is 2.33. The smallest absolute Gasteiger partial charge is 0.322 e. The van der Waals surface area contributed by atoms with Gasteiger partial charge in [0.1, 0.15) is 0 Å². The molecule has 1 heterocycles. The Morgan fingerprint density at radius 2 is 2.11 bits per heavy atom. The van der Waals surface area contributed by atoms with Gasteiger partial charge in [-0.15, -0.1) is 0 Å². The molecule has 2 N–H and O–H groups in total. The van der Waals surface area contributed by atoms with Crippen LogP contribution in [-0.2, 0) is 0 Å². The van der Waals surface area contributed by atoms with E-state index in [-0.39, 0.29) is 12.1 Å². The molecule has 98 valence electrons. The lowest BCUT2D eigenvalue weighted by Gasteiger charge is -2.34. The minimum Gasteiger partial charge on any atom is -0.336 e. The molecule has 2 amide bonds. The first kappa shape index (κ1) is 12.9. The van der Waals surface area contributed by atoms with E-state index >= 15 is 0 Å². The van der Waals surface area contributed by atoms with Gasteiger partial charge in [0.15, 0.2) is 0 Å². The zero-order valence-electron chi connectivity index (χ0n) is 11.2. The molecule has 1 aromatic carbocycles. The quantitative estimate of drug-likeness (QED) is 0.842. The van der Waals surface area contributed by atoms with Crippen LogP contribution in [0.15, 0.2) is 24.3 Å². The lowest BCUT2D eigenvalue weighted by Crippen LogP contribution is -2.46. The molecule has 0 radical (unpaired) electrons. The zero-order valence-corrected chi connectivity index (χ0v) is 11.2. The van der Waals surface area contributed by atoms with E-state index < -0.39 is 0 Å². The maximum absolute atomic E-state index is 12.2. The average Bonchev–Trinajstić information content (AvgIpc) is 2.36. The summed E-state index contributed by atoms with van der Waals surface area (Å²) in [5.74, 6) is 0. The lowest BCUT2D eigenvalue weighted by molar-refractivity contribution is 0.243. The Bertz CT molecular complexity index is 431. The second-order valence-electron chi connectivity index (χ2n) is 4.94. The fourth-order valence-corrected chi connectivity index (χ4v) is 2.40. The maximum atomic E-state index is 12.2. The third-order valence-corrected chi connectivity index (χ3v) is 3.25. The summed E-state index contributed by atoms with van der Waals surface area (Å²) in [6.07, 6.45) is 0.943. The average molecular weight is 247 g/mol. The Balaban J connectivity index is 2.27. The summed E-state index contributed by atoms with van der Waals surface area (Å²) < 4.78 is 0. The number of anilines is 1. The number of nitrogens with one attached hydrogen (secondary N) is 2. The summed E-state index contributed by atoms with van der Waals surface area (Å²) in [5.41, 5.74) is 2.21. The predicted octanol–water partition coefficient (Wildman–Crippen LogP) is 2.28. The highest BCUT2D eigenvalue weighted by atomic mass is 16.2. The monoisotopic (exact) mass is 247 g/mol. The maximum Gasteiger partial charge on any atom is 0.322 e. The molecular formula is C14H21N3O. The standard InChI is InChI=1S/C14H21N3O/c1-10(2)16-14(18)17-9-8-12(15-3)11-6-4-5-7-13(11)17/h4-7,10,12,15H,8-9H2,1-3H3,(H,16,18). The first-order valence-corrected chi connectivity index (χ1v) is 6.47. The van der Waals surface area contributed by atoms with Gasteiger partial charge in [0.05, 0.1) is 5.69 Å². The van der Waals surface area contributed by atoms with E-state index in [0.717, 1.165) is 18.7 Å². The summed E-state index contributed by atoms with van der Waals surface area (Å²) in [5, 5.41) is 6.25. The van der Waals surface area contributed by atoms with Crippen LogP contribution in [0.25, 0.3) is 0 Å². The molecule has 0 spiro atoms. The van der Waals surface area contributed by atoms with Gasteiger partial charge >= 0.3 is 6.03 Å². The molecule has 18 heavy (non-hydrogen) atoms. The van der Waals surface area contributed by atoms with E-state index in [9.17, 15) is 4.79 Å². The van der Waals surface area contributed by atoms with Gasteiger partial charge in [-0.1, -0.05) is 18.2 Å². The van der Waals surface area contributed by atoms with E-state index in [2.05, 4.69) is 16.7 Å². The second-order valence-corrected chi connectivity index (χ2v) is 4.94. The molecule has 1 aliphatic heterocycles. The van der Waals surface area contributed by atoms with E-state index in [0.29, 0.717) is 6.04 Å². The summed E-state index contributed by atoms with van der Waals surface area (Å²) >= 11 is 0. The van der Waals surface area contributed by atoms with Crippen LogP contribution >= 0.6 is 0 Å². The molecule has 4 heteroatoms. The summed E-state index contributed by atoms with van der Waals surface area (Å²) in [6, 6.07) is 8.59. The van der Waals surface area contributed by atoms with Crippen molar-refractivity contribution in [3.63, 3.8) is 0 Å². The van der Waals surface area contributed by atoms with Gasteiger partial charge in [-0.05, 0) is 38.9 Å². The number of carbonyl (C=O) groups excluding carboxylic acids is 1. The van der Waals surface area contributed by atoms with Crippen molar-refractivity contribution in [1.29, 1.82) is 0 Å². The van der Waals surface area contributed by atoms with E-state index in [1.807, 2.05) is 44.0 Å². The molecule has 0 aromatic heterocycles. The molecule has 0 aliphatic carbocycles. The number of rotatable bonds is 2. The molecule has 1 aromatic rings. The first-order valence-electron chi connectivity index (χ1n) is 6.47. The van der Waals surface area contributed by atoms with Gasteiger partial charge < -0.3 is 10.6 Å². The Morgan fingerprint density at radius 3 is 2.78 bits per heavy atom. The largest absolute Gasteiger partial charge is 0.336 e. The summed E-state index contributed by atoms with van der Waals surface area (Å²) in [4.78, 5) is 14.0. The van der Waals surface area contributed by atoms with Crippen molar-refractivity contribution < 1.29 is 4.79 Å². The van der Waals surface area contributed by atoms with Gasteiger partial charge in [-0.2, -0.15) is 0 Å². The van der Waals surface area contributed by atoms with Gasteiger partial charge in [-0.25, -0.2) is 4.79 Å². The molecule has 1 unspecified atom stereocenters. The number of carbonyl (C=O) groups is 1. The van der Waals surface area contributed by atoms with Crippen LogP contribution in [0.4, 0.5) is 10.5 Å². The number of benzene rings is 1. The number of para-hydroxylation sites is 1. The van der Waals surface area contributed by atoms with E-state index in [4.69, 9.17) is 0 Å². The Kier molecular flexibility index (Phi) is 3.87. The summed E-state index contributed by atoms with van der Waals surface area (Å²) in [7, 11) is 1.96. The summed E-state index contributed by atoms with van der Waals surface area (Å²) in [6.45, 7) is 4.70. The van der Waals surface area contributed by atoms with Crippen LogP contribution in [0.3, 0.4) is 0 Å². The van der Waals surface area contributed by atoms with Crippen molar-refractivity contribution in [3.8, 4) is 0 Å². The SMILES string of the molecule is CNC1CCN(C(=O)NC(C)C)c2ccccc21. The fraction of sp³-hybridized carbons (Fsp3) is 0.500. The molecule has 0 saturated carbocycles. The van der Waals surface area contributed by atoms with E-state index in [1.54, 1.807) is 0 Å². The van der Waals surface area contributed by atoms with Crippen LogP contribution in [0.5, 0.6) is 0 Å². The Morgan fingerprint density at radius 1 is 1.39 bits per heavy atom. The molecular weight excluding hydrogens is 226 g/mol. The number of hydrogen-bond acceptors (Lipinski definition) is 2. The second kappa shape index (κ2) is 5.40. The molecule has 0 bridgehead atoms. The number of fused-ring (bicyclic) bond motifs is 1. The highest BCUT2D eigenvalue weighted by Gasteiger charge is 2.27. The topological polar surface area (TPSA) is 44.4 Å². The first-order chi connectivity index (χ1) is 8.63. The normalized spacial score (nSPS) is 18.7. The van der Waals surface area contributed by atoms with Gasteiger partial charge in [-0.3, -0.25) is 4.90 Å². The Hall–Kier alpha value is -1.55. The highest BCUT2D eigenvalue weighted by molar-refractivity contribution is 5.93. The van der Waals surface area contributed by atoms with Crippen LogP contribution in [-0.4, -0.2) is 25.7 Å². The zero-order chi connectivity index (χ0) is 13.1. The molecule has 1 atom stereocenters. The van der Waals surface area contributed by atoms with E-state index in [1.165, 1.54) is 5.56 Å². The Labute approximate surface area is 108 Å². The number of urea groups is 1. The number of nitrogens with zero attached hydrogens (tertiary/aromatic N) is 1. The minimum absolute atomic E-state index is 0.00740. The predicted molar refractivity (Wildman–Crippen MR) is 73.9 cm³/mol. The molecule has 0 saturated heterocycles. The van der Waals surface area contributed by atoms with Crippen molar-refractivity contribution in [2.24, 2.45) is 0 Å². The van der Waals surface area contributed by atoms with Gasteiger partial charge in [0.25, 0.3) is 0 Å². The van der Waals surface area contributed by atoms with Crippen LogP contribution in [0.1, 0.15) is 31.9 Å². The number of amides is 2. The van der Waals surface area contributed by atoms with Crippen LogP contribution in [0, 0.1) is 0 Å². The molecule has 0 fully saturated rings.